The van der Waals surface area contributed by atoms with E-state index in [0.29, 0.717) is 53.6 Å². The van der Waals surface area contributed by atoms with E-state index in [-0.39, 0.29) is 23.6 Å². The molecule has 2 heterocycles. The summed E-state index contributed by atoms with van der Waals surface area (Å²) >= 11 is 5.91. The van der Waals surface area contributed by atoms with Crippen molar-refractivity contribution in [2.45, 2.75) is 19.4 Å². The number of amides is 1. The van der Waals surface area contributed by atoms with E-state index in [4.69, 9.17) is 26.2 Å². The van der Waals surface area contributed by atoms with E-state index in [1.165, 1.54) is 24.5 Å². The van der Waals surface area contributed by atoms with Crippen LogP contribution in [-0.2, 0) is 9.53 Å². The Labute approximate surface area is 219 Å². The van der Waals surface area contributed by atoms with Crippen molar-refractivity contribution in [2.24, 2.45) is 0 Å². The number of nitrogens with zero attached hydrogens (tertiary/aromatic N) is 3. The van der Waals surface area contributed by atoms with Gasteiger partial charge in [0.05, 0.1) is 42.2 Å². The number of anilines is 3. The molecule has 0 saturated carbocycles. The number of carbonyl (C=O) groups excluding carboxylic acids is 1. The molecule has 1 aromatic heterocycles. The number of benzene rings is 2. The minimum absolute atomic E-state index is 0.0103. The summed E-state index contributed by atoms with van der Waals surface area (Å²) in [7, 11) is 0. The van der Waals surface area contributed by atoms with Gasteiger partial charge in [-0.1, -0.05) is 17.7 Å². The molecule has 0 radical (unpaired) electrons. The normalized spacial score (nSPS) is 15.9. The number of hydrogen-bond acceptors (Lipinski definition) is 8. The Balaban J connectivity index is 1.48. The van der Waals surface area contributed by atoms with Gasteiger partial charge < -0.3 is 25.2 Å². The van der Waals surface area contributed by atoms with Crippen LogP contribution < -0.4 is 15.4 Å². The fraction of sp³-hybridized carbons (Fsp3) is 0.346. The van der Waals surface area contributed by atoms with Crippen LogP contribution in [0.1, 0.15) is 13.3 Å². The number of fused-ring (bicyclic) bond motifs is 1. The fourth-order valence-electron chi connectivity index (χ4n) is 4.07. The maximum Gasteiger partial charge on any atom is 0.248 e. The van der Waals surface area contributed by atoms with Crippen molar-refractivity contribution in [1.82, 2.24) is 14.9 Å². The van der Waals surface area contributed by atoms with Crippen LogP contribution in [0.15, 0.2) is 48.8 Å². The molecule has 1 saturated heterocycles. The quantitative estimate of drug-likeness (QED) is 0.318. The molecule has 11 heteroatoms. The van der Waals surface area contributed by atoms with Crippen LogP contribution in [-0.4, -0.2) is 71.4 Å². The number of hydrogen-bond donors (Lipinski definition) is 3. The zero-order valence-corrected chi connectivity index (χ0v) is 21.2. The number of carbonyl (C=O) groups is 1. The van der Waals surface area contributed by atoms with Gasteiger partial charge in [-0.2, -0.15) is 0 Å². The van der Waals surface area contributed by atoms with Crippen molar-refractivity contribution < 1.29 is 23.8 Å². The minimum atomic E-state index is -0.515. The summed E-state index contributed by atoms with van der Waals surface area (Å²) in [5, 5.41) is 15.5. The zero-order chi connectivity index (χ0) is 26.2. The molecular formula is C26H29ClFN5O4. The smallest absolute Gasteiger partial charge is 0.248 e. The molecule has 0 spiro atoms. The van der Waals surface area contributed by atoms with Crippen LogP contribution in [0.3, 0.4) is 0 Å². The Hall–Kier alpha value is -3.31. The maximum atomic E-state index is 13.6. The van der Waals surface area contributed by atoms with Gasteiger partial charge in [0.15, 0.2) is 0 Å². The lowest BCUT2D eigenvalue weighted by molar-refractivity contribution is -0.111. The van der Waals surface area contributed by atoms with Gasteiger partial charge >= 0.3 is 0 Å². The fourth-order valence-corrected chi connectivity index (χ4v) is 4.25. The molecule has 196 valence electrons. The maximum absolute atomic E-state index is 13.6. The third kappa shape index (κ3) is 7.14. The molecule has 0 aliphatic carbocycles. The van der Waals surface area contributed by atoms with Crippen molar-refractivity contribution in [3.63, 3.8) is 0 Å². The lowest BCUT2D eigenvalue weighted by Crippen LogP contribution is -2.24. The van der Waals surface area contributed by atoms with Crippen molar-refractivity contribution in [1.29, 1.82) is 0 Å². The van der Waals surface area contributed by atoms with Crippen LogP contribution in [0.4, 0.5) is 21.6 Å². The van der Waals surface area contributed by atoms with E-state index in [0.717, 1.165) is 19.5 Å². The van der Waals surface area contributed by atoms with Crippen LogP contribution in [0.2, 0.25) is 5.02 Å². The second kappa shape index (κ2) is 12.8. The Bertz CT molecular complexity index is 1280. The van der Waals surface area contributed by atoms with E-state index in [9.17, 15) is 9.18 Å². The molecule has 37 heavy (non-hydrogen) atoms. The second-order valence-corrected chi connectivity index (χ2v) is 8.84. The van der Waals surface area contributed by atoms with Crippen LogP contribution in [0.25, 0.3) is 10.9 Å². The molecule has 4 rings (SSSR count). The highest BCUT2D eigenvalue weighted by Gasteiger charge is 2.21. The van der Waals surface area contributed by atoms with Gasteiger partial charge in [0.2, 0.25) is 5.91 Å². The number of nitrogens with one attached hydrogen (secondary N) is 2. The molecule has 1 atom stereocenters. The SMILES string of the molecule is CCOc1cc2ncnc(Nc3ccc(F)c(Cl)c3)c2cc1NC(=O)/C=C/CN1CC[C@@H](OCCO)C1. The average Bonchev–Trinajstić information content (AvgIpc) is 3.33. The van der Waals surface area contributed by atoms with Crippen LogP contribution in [0.5, 0.6) is 5.75 Å². The van der Waals surface area contributed by atoms with Gasteiger partial charge in [-0.05, 0) is 37.6 Å². The monoisotopic (exact) mass is 529 g/mol. The summed E-state index contributed by atoms with van der Waals surface area (Å²) in [6.07, 6.45) is 5.71. The second-order valence-electron chi connectivity index (χ2n) is 8.43. The number of aromatic nitrogens is 2. The van der Waals surface area contributed by atoms with Crippen molar-refractivity contribution in [2.75, 3.05) is 50.1 Å². The lowest BCUT2D eigenvalue weighted by Gasteiger charge is -2.15. The summed E-state index contributed by atoms with van der Waals surface area (Å²) in [5.41, 5.74) is 1.63. The van der Waals surface area contributed by atoms with E-state index in [2.05, 4.69) is 25.5 Å². The molecule has 1 amide bonds. The van der Waals surface area contributed by atoms with Gasteiger partial charge in [-0.25, -0.2) is 14.4 Å². The average molecular weight is 530 g/mol. The first kappa shape index (κ1) is 26.7. The molecule has 1 aliphatic rings. The first-order valence-electron chi connectivity index (χ1n) is 12.0. The number of rotatable bonds is 11. The topological polar surface area (TPSA) is 109 Å². The largest absolute Gasteiger partial charge is 0.492 e. The molecule has 0 bridgehead atoms. The molecule has 3 aromatic rings. The number of halogens is 2. The first-order valence-corrected chi connectivity index (χ1v) is 12.4. The summed E-state index contributed by atoms with van der Waals surface area (Å²) in [6.45, 7) is 4.86. The molecule has 1 aliphatic heterocycles. The summed E-state index contributed by atoms with van der Waals surface area (Å²) < 4.78 is 24.9. The van der Waals surface area contributed by atoms with Gasteiger partial charge in [0.1, 0.15) is 23.7 Å². The third-order valence-corrected chi connectivity index (χ3v) is 6.07. The van der Waals surface area contributed by atoms with E-state index in [1.54, 1.807) is 24.3 Å². The summed E-state index contributed by atoms with van der Waals surface area (Å²) in [5.74, 6) is 0.131. The third-order valence-electron chi connectivity index (χ3n) is 5.78. The summed E-state index contributed by atoms with van der Waals surface area (Å²) in [6, 6.07) is 7.76. The van der Waals surface area contributed by atoms with Crippen molar-refractivity contribution >= 4 is 45.6 Å². The standard InChI is InChI=1S/C26H29ClFN5O4/c1-2-36-24-14-22-19(26(30-16-29-22)31-17-5-6-21(28)20(27)12-17)13-23(24)32-25(35)4-3-8-33-9-7-18(15-33)37-11-10-34/h3-6,12-14,16,18,34H,2,7-11,15H2,1H3,(H,32,35)(H,29,30,31)/b4-3+/t18-/m1/s1. The number of aliphatic hydroxyl groups is 1. The van der Waals surface area contributed by atoms with Crippen LogP contribution in [0, 0.1) is 5.82 Å². The Morgan fingerprint density at radius 1 is 1.32 bits per heavy atom. The molecular weight excluding hydrogens is 501 g/mol. The number of likely N-dealkylation sites (tertiary alicyclic amines) is 1. The van der Waals surface area contributed by atoms with E-state index < -0.39 is 5.82 Å². The highest BCUT2D eigenvalue weighted by atomic mass is 35.5. The highest BCUT2D eigenvalue weighted by Crippen LogP contribution is 2.34. The Kier molecular flexibility index (Phi) is 9.24. The lowest BCUT2D eigenvalue weighted by atomic mass is 10.1. The predicted octanol–water partition coefficient (Wildman–Crippen LogP) is 4.14. The molecule has 2 aromatic carbocycles. The van der Waals surface area contributed by atoms with Crippen molar-refractivity contribution in [3.8, 4) is 5.75 Å². The van der Waals surface area contributed by atoms with Gasteiger partial charge in [0.25, 0.3) is 0 Å². The molecule has 0 unspecified atom stereocenters. The molecule has 9 nitrogen and oxygen atoms in total. The molecule has 3 N–H and O–H groups in total. The van der Waals surface area contributed by atoms with Gasteiger partial charge in [0, 0.05) is 42.9 Å². The summed E-state index contributed by atoms with van der Waals surface area (Å²) in [4.78, 5) is 23.5. The Morgan fingerprint density at radius 3 is 2.97 bits per heavy atom. The number of aliphatic hydroxyl groups excluding tert-OH is 1. The van der Waals surface area contributed by atoms with Gasteiger partial charge in [-0.3, -0.25) is 9.69 Å². The van der Waals surface area contributed by atoms with Gasteiger partial charge in [-0.15, -0.1) is 0 Å². The zero-order valence-electron chi connectivity index (χ0n) is 20.4. The molecule has 1 fully saturated rings. The first-order chi connectivity index (χ1) is 18.0. The van der Waals surface area contributed by atoms with E-state index in [1.807, 2.05) is 6.92 Å². The predicted molar refractivity (Wildman–Crippen MR) is 141 cm³/mol. The van der Waals surface area contributed by atoms with E-state index >= 15 is 0 Å². The Morgan fingerprint density at radius 2 is 2.19 bits per heavy atom. The highest BCUT2D eigenvalue weighted by molar-refractivity contribution is 6.31. The number of ether oxygens (including phenoxy) is 2. The van der Waals surface area contributed by atoms with Crippen LogP contribution >= 0.6 is 11.6 Å². The minimum Gasteiger partial charge on any atom is -0.492 e. The van der Waals surface area contributed by atoms with Crippen molar-refractivity contribution in [3.05, 3.63) is 59.7 Å².